The van der Waals surface area contributed by atoms with Crippen LogP contribution >= 0.6 is 12.4 Å². The average molecular weight is 472 g/mol. The van der Waals surface area contributed by atoms with Gasteiger partial charge in [0, 0.05) is 6.54 Å². The Morgan fingerprint density at radius 2 is 1.85 bits per heavy atom. The van der Waals surface area contributed by atoms with Crippen LogP contribution in [0.15, 0.2) is 54.1 Å². The van der Waals surface area contributed by atoms with Crippen molar-refractivity contribution in [1.82, 2.24) is 4.90 Å². The third-order valence-electron chi connectivity index (χ3n) is 5.90. The lowest BCUT2D eigenvalue weighted by Gasteiger charge is -2.35. The summed E-state index contributed by atoms with van der Waals surface area (Å²) in [5, 5.41) is 0. The Morgan fingerprint density at radius 3 is 2.52 bits per heavy atom. The van der Waals surface area contributed by atoms with Crippen molar-refractivity contribution in [1.29, 1.82) is 0 Å². The van der Waals surface area contributed by atoms with Crippen LogP contribution < -0.4 is 4.74 Å². The minimum Gasteiger partial charge on any atom is -0.497 e. The van der Waals surface area contributed by atoms with Gasteiger partial charge in [0.05, 0.1) is 12.7 Å². The summed E-state index contributed by atoms with van der Waals surface area (Å²) in [6.07, 6.45) is 5.50. The number of allylic oxidation sites excluding steroid dienone is 1. The molecule has 0 bridgehead atoms. The van der Waals surface area contributed by atoms with Crippen LogP contribution in [0.1, 0.15) is 67.4 Å². The monoisotopic (exact) mass is 471 g/mol. The summed E-state index contributed by atoms with van der Waals surface area (Å²) in [7, 11) is 6.02. The molecule has 5 heteroatoms. The Morgan fingerprint density at radius 1 is 1.12 bits per heavy atom. The lowest BCUT2D eigenvalue weighted by atomic mass is 9.73. The fourth-order valence-corrected chi connectivity index (χ4v) is 4.53. The first-order valence-electron chi connectivity index (χ1n) is 11.5. The average Bonchev–Trinajstić information content (AvgIpc) is 2.73. The zero-order chi connectivity index (χ0) is 23.3. The number of ether oxygens (including phenoxy) is 2. The molecule has 0 spiro atoms. The number of rotatable bonds is 6. The van der Waals surface area contributed by atoms with Crippen LogP contribution in [0.5, 0.6) is 5.75 Å². The second-order valence-electron chi connectivity index (χ2n) is 10.1. The van der Waals surface area contributed by atoms with Gasteiger partial charge in [-0.3, -0.25) is 0 Å². The van der Waals surface area contributed by atoms with E-state index in [1.807, 2.05) is 45.0 Å². The molecule has 0 radical (unpaired) electrons. The molecule has 0 heterocycles. The van der Waals surface area contributed by atoms with E-state index in [1.165, 1.54) is 11.1 Å². The standard InChI is InChI=1S/C28H37NO3.ClH/c1-28(2,3)32-27(30)23-11-7-9-20(16-23)15-21-13-14-24(19-29(4)5)26(17-21)22-10-8-12-25(18-22)31-6;/h7-12,15-16,18,24,26H,13-14,17,19H2,1-6H3;1H/b21-15+;/t24-,26-;/m0./s1. The zero-order valence-corrected chi connectivity index (χ0v) is 21.6. The highest BCUT2D eigenvalue weighted by Crippen LogP contribution is 2.42. The second kappa shape index (κ2) is 11.7. The molecule has 2 aromatic carbocycles. The molecular formula is C28H38ClNO3. The molecule has 4 nitrogen and oxygen atoms in total. The van der Waals surface area contributed by atoms with Gasteiger partial charge < -0.3 is 14.4 Å². The van der Waals surface area contributed by atoms with Crippen molar-refractivity contribution in [3.05, 3.63) is 70.8 Å². The summed E-state index contributed by atoms with van der Waals surface area (Å²) in [6, 6.07) is 16.3. The van der Waals surface area contributed by atoms with Gasteiger partial charge in [-0.1, -0.05) is 35.9 Å². The maximum atomic E-state index is 12.5. The van der Waals surface area contributed by atoms with Gasteiger partial charge in [-0.2, -0.15) is 0 Å². The van der Waals surface area contributed by atoms with Crippen molar-refractivity contribution in [2.75, 3.05) is 27.7 Å². The predicted molar refractivity (Wildman–Crippen MR) is 138 cm³/mol. The van der Waals surface area contributed by atoms with E-state index in [0.29, 0.717) is 17.4 Å². The van der Waals surface area contributed by atoms with Gasteiger partial charge in [0.2, 0.25) is 0 Å². The number of nitrogens with zero attached hydrogens (tertiary/aromatic N) is 1. The number of halogens is 1. The molecule has 180 valence electrons. The smallest absolute Gasteiger partial charge is 0.338 e. The Bertz CT molecular complexity index is 962. The Labute approximate surface area is 205 Å². The fraction of sp³-hybridized carbons (Fsp3) is 0.464. The van der Waals surface area contributed by atoms with Crippen LogP contribution in [0.4, 0.5) is 0 Å². The second-order valence-corrected chi connectivity index (χ2v) is 10.1. The largest absolute Gasteiger partial charge is 0.497 e. The Kier molecular flexibility index (Phi) is 9.57. The van der Waals surface area contributed by atoms with Crippen molar-refractivity contribution >= 4 is 24.5 Å². The van der Waals surface area contributed by atoms with Crippen LogP contribution in [0.25, 0.3) is 6.08 Å². The van der Waals surface area contributed by atoms with Crippen LogP contribution in [-0.4, -0.2) is 44.2 Å². The van der Waals surface area contributed by atoms with Gasteiger partial charge in [-0.15, -0.1) is 12.4 Å². The Balaban J connectivity index is 0.00000385. The molecule has 0 unspecified atom stereocenters. The van der Waals surface area contributed by atoms with Crippen molar-refractivity contribution in [3.63, 3.8) is 0 Å². The lowest BCUT2D eigenvalue weighted by molar-refractivity contribution is 0.00695. The van der Waals surface area contributed by atoms with Crippen LogP contribution in [0, 0.1) is 5.92 Å². The van der Waals surface area contributed by atoms with Crippen LogP contribution in [0.2, 0.25) is 0 Å². The highest BCUT2D eigenvalue weighted by atomic mass is 35.5. The number of benzene rings is 2. The van der Waals surface area contributed by atoms with Gasteiger partial charge in [-0.05, 0) is 101 Å². The normalized spacial score (nSPS) is 19.8. The molecule has 3 rings (SSSR count). The summed E-state index contributed by atoms with van der Waals surface area (Å²) in [6.45, 7) is 6.74. The van der Waals surface area contributed by atoms with Gasteiger partial charge in [0.25, 0.3) is 0 Å². The third-order valence-corrected chi connectivity index (χ3v) is 5.90. The minimum atomic E-state index is -0.500. The quantitative estimate of drug-likeness (QED) is 0.445. The first-order valence-corrected chi connectivity index (χ1v) is 11.5. The number of hydrogen-bond donors (Lipinski definition) is 0. The number of methoxy groups -OCH3 is 1. The zero-order valence-electron chi connectivity index (χ0n) is 20.8. The van der Waals surface area contributed by atoms with Crippen LogP contribution in [-0.2, 0) is 4.74 Å². The van der Waals surface area contributed by atoms with E-state index in [1.54, 1.807) is 7.11 Å². The highest BCUT2D eigenvalue weighted by molar-refractivity contribution is 5.90. The summed E-state index contributed by atoms with van der Waals surface area (Å²) < 4.78 is 11.0. The van der Waals surface area contributed by atoms with Gasteiger partial charge in [0.15, 0.2) is 0 Å². The molecule has 0 N–H and O–H groups in total. The highest BCUT2D eigenvalue weighted by Gasteiger charge is 2.29. The van der Waals surface area contributed by atoms with Crippen molar-refractivity contribution in [2.24, 2.45) is 5.92 Å². The Hall–Kier alpha value is -2.30. The molecular weight excluding hydrogens is 434 g/mol. The van der Waals surface area contributed by atoms with E-state index in [9.17, 15) is 4.79 Å². The van der Waals surface area contributed by atoms with Crippen molar-refractivity contribution in [2.45, 2.75) is 51.6 Å². The molecule has 2 aromatic rings. The van der Waals surface area contributed by atoms with E-state index in [4.69, 9.17) is 9.47 Å². The van der Waals surface area contributed by atoms with E-state index in [0.717, 1.165) is 37.1 Å². The number of carbonyl (C=O) groups excluding carboxylic acids is 1. The summed E-state index contributed by atoms with van der Waals surface area (Å²) >= 11 is 0. The lowest BCUT2D eigenvalue weighted by Crippen LogP contribution is -2.29. The van der Waals surface area contributed by atoms with E-state index < -0.39 is 5.60 Å². The molecule has 1 aliphatic rings. The first-order chi connectivity index (χ1) is 15.1. The molecule has 33 heavy (non-hydrogen) atoms. The van der Waals surface area contributed by atoms with Crippen molar-refractivity contribution in [3.8, 4) is 5.75 Å². The minimum absolute atomic E-state index is 0. The summed E-state index contributed by atoms with van der Waals surface area (Å²) in [5.74, 6) is 1.68. The molecule has 2 atom stereocenters. The maximum absolute atomic E-state index is 12.5. The third kappa shape index (κ3) is 7.90. The van der Waals surface area contributed by atoms with Gasteiger partial charge >= 0.3 is 5.97 Å². The molecule has 0 aliphatic heterocycles. The van der Waals surface area contributed by atoms with E-state index in [-0.39, 0.29) is 18.4 Å². The summed E-state index contributed by atoms with van der Waals surface area (Å²) in [5.41, 5.74) is 3.91. The predicted octanol–water partition coefficient (Wildman–Crippen LogP) is 6.60. The topological polar surface area (TPSA) is 38.8 Å². The van der Waals surface area contributed by atoms with E-state index >= 15 is 0 Å². The van der Waals surface area contributed by atoms with Crippen molar-refractivity contribution < 1.29 is 14.3 Å². The molecule has 1 saturated carbocycles. The maximum Gasteiger partial charge on any atom is 0.338 e. The van der Waals surface area contributed by atoms with Crippen LogP contribution in [0.3, 0.4) is 0 Å². The number of carbonyl (C=O) groups is 1. The van der Waals surface area contributed by atoms with E-state index in [2.05, 4.69) is 49.3 Å². The molecule has 1 fully saturated rings. The molecule has 0 amide bonds. The molecule has 0 aromatic heterocycles. The molecule has 0 saturated heterocycles. The summed E-state index contributed by atoms with van der Waals surface area (Å²) in [4.78, 5) is 14.8. The fourth-order valence-electron chi connectivity index (χ4n) is 4.53. The number of hydrogen-bond acceptors (Lipinski definition) is 4. The number of esters is 1. The van der Waals surface area contributed by atoms with Gasteiger partial charge in [0.1, 0.15) is 11.4 Å². The SMILES string of the molecule is COc1cccc([C@@H]2C/C(=C/c3cccc(C(=O)OC(C)(C)C)c3)CC[C@H]2CN(C)C)c1.Cl. The van der Waals surface area contributed by atoms with Gasteiger partial charge in [-0.25, -0.2) is 4.79 Å². The first kappa shape index (κ1) is 26.9. The molecule has 1 aliphatic carbocycles.